The van der Waals surface area contributed by atoms with E-state index in [1.165, 1.54) is 0 Å². The number of likely N-dealkylation sites (tertiary alicyclic amines) is 1. The molecule has 1 aliphatic heterocycles. The van der Waals surface area contributed by atoms with Gasteiger partial charge in [0.2, 0.25) is 11.8 Å². The summed E-state index contributed by atoms with van der Waals surface area (Å²) in [5.41, 5.74) is 2.91. The Hall–Kier alpha value is -3.35. The molecule has 0 radical (unpaired) electrons. The van der Waals surface area contributed by atoms with Gasteiger partial charge in [-0.05, 0) is 38.0 Å². The van der Waals surface area contributed by atoms with E-state index in [4.69, 9.17) is 9.72 Å². The Morgan fingerprint density at radius 1 is 1.14 bits per heavy atom. The lowest BCUT2D eigenvalue weighted by molar-refractivity contribution is -0.148. The van der Waals surface area contributed by atoms with Crippen LogP contribution >= 0.6 is 0 Å². The van der Waals surface area contributed by atoms with Crippen LogP contribution in [0, 0.1) is 5.92 Å². The van der Waals surface area contributed by atoms with Gasteiger partial charge < -0.3 is 19.1 Å². The van der Waals surface area contributed by atoms with Gasteiger partial charge in [0.05, 0.1) is 36.6 Å². The highest BCUT2D eigenvalue weighted by molar-refractivity contribution is 5.85. The molecule has 0 N–H and O–H groups in total. The number of amides is 2. The van der Waals surface area contributed by atoms with Crippen LogP contribution in [0.5, 0.6) is 5.75 Å². The van der Waals surface area contributed by atoms with Crippen molar-refractivity contribution in [2.45, 2.75) is 58.7 Å². The van der Waals surface area contributed by atoms with Crippen molar-refractivity contribution in [1.29, 1.82) is 0 Å². The Bertz CT molecular complexity index is 1190. The number of rotatable bonds is 9. The minimum absolute atomic E-state index is 0.0320. The smallest absolute Gasteiger partial charge is 0.228 e. The van der Waals surface area contributed by atoms with Gasteiger partial charge in [0, 0.05) is 32.1 Å². The summed E-state index contributed by atoms with van der Waals surface area (Å²) in [6.45, 7) is 6.04. The molecule has 2 aromatic carbocycles. The van der Waals surface area contributed by atoms with E-state index in [9.17, 15) is 9.59 Å². The van der Waals surface area contributed by atoms with E-state index in [0.29, 0.717) is 31.7 Å². The van der Waals surface area contributed by atoms with Gasteiger partial charge in [0.25, 0.3) is 0 Å². The minimum Gasteiger partial charge on any atom is -0.496 e. The number of nitrogens with zero attached hydrogens (tertiary/aromatic N) is 4. The molecule has 4 rings (SSSR count). The fraction of sp³-hybridized carbons (Fsp3) is 0.464. The van der Waals surface area contributed by atoms with E-state index in [1.807, 2.05) is 54.4 Å². The number of hydrogen-bond acceptors (Lipinski definition) is 4. The van der Waals surface area contributed by atoms with Crippen molar-refractivity contribution < 1.29 is 14.3 Å². The number of benzene rings is 2. The molecule has 2 unspecified atom stereocenters. The molecule has 0 saturated carbocycles. The van der Waals surface area contributed by atoms with Crippen LogP contribution < -0.4 is 4.74 Å². The van der Waals surface area contributed by atoms with Gasteiger partial charge >= 0.3 is 0 Å². The molecule has 0 aliphatic carbocycles. The summed E-state index contributed by atoms with van der Waals surface area (Å²) in [6, 6.07) is 15.5. The number of aromatic nitrogens is 2. The lowest BCUT2D eigenvalue weighted by Crippen LogP contribution is -2.48. The van der Waals surface area contributed by atoms with Crippen LogP contribution in [0.2, 0.25) is 0 Å². The van der Waals surface area contributed by atoms with Crippen molar-refractivity contribution in [3.05, 3.63) is 59.9 Å². The normalized spacial score (nSPS) is 18.2. The van der Waals surface area contributed by atoms with E-state index in [2.05, 4.69) is 24.5 Å². The van der Waals surface area contributed by atoms with Crippen LogP contribution in [0.1, 0.15) is 57.0 Å². The number of imidazole rings is 1. The summed E-state index contributed by atoms with van der Waals surface area (Å²) in [4.78, 5) is 35.5. The molecule has 1 aliphatic rings. The van der Waals surface area contributed by atoms with E-state index >= 15 is 0 Å². The highest BCUT2D eigenvalue weighted by Gasteiger charge is 2.42. The van der Waals surface area contributed by atoms with Crippen molar-refractivity contribution in [3.8, 4) is 5.75 Å². The van der Waals surface area contributed by atoms with Gasteiger partial charge in [0.15, 0.2) is 0 Å². The zero-order valence-corrected chi connectivity index (χ0v) is 21.2. The van der Waals surface area contributed by atoms with Gasteiger partial charge in [0.1, 0.15) is 11.6 Å². The minimum atomic E-state index is -0.348. The number of hydrogen-bond donors (Lipinski definition) is 0. The van der Waals surface area contributed by atoms with Crippen LogP contribution in [0.25, 0.3) is 11.0 Å². The van der Waals surface area contributed by atoms with Crippen molar-refractivity contribution >= 4 is 22.8 Å². The van der Waals surface area contributed by atoms with Crippen molar-refractivity contribution in [1.82, 2.24) is 19.4 Å². The molecule has 1 fully saturated rings. The van der Waals surface area contributed by atoms with Gasteiger partial charge in [-0.2, -0.15) is 0 Å². The van der Waals surface area contributed by atoms with E-state index in [1.54, 1.807) is 12.0 Å². The Labute approximate surface area is 207 Å². The first-order chi connectivity index (χ1) is 17.0. The van der Waals surface area contributed by atoms with Crippen molar-refractivity contribution in [2.75, 3.05) is 20.7 Å². The monoisotopic (exact) mass is 476 g/mol. The van der Waals surface area contributed by atoms with Crippen LogP contribution in [-0.2, 0) is 22.7 Å². The Morgan fingerprint density at radius 3 is 2.63 bits per heavy atom. The Kier molecular flexibility index (Phi) is 7.73. The summed E-state index contributed by atoms with van der Waals surface area (Å²) < 4.78 is 7.82. The Morgan fingerprint density at radius 2 is 1.89 bits per heavy atom. The molecule has 7 nitrogen and oxygen atoms in total. The number of methoxy groups -OCH3 is 1. The second-order valence-electron chi connectivity index (χ2n) is 9.23. The number of piperidine rings is 1. The SMILES string of the molecule is CCCCN1C(=O)CCC(C(=O)N(C)Cc2nc3ccccc3n2CC)C1c1ccccc1OC. The van der Waals surface area contributed by atoms with Crippen molar-refractivity contribution in [3.63, 3.8) is 0 Å². The summed E-state index contributed by atoms with van der Waals surface area (Å²) in [5, 5.41) is 0. The maximum absolute atomic E-state index is 13.9. The number of carbonyl (C=O) groups is 2. The maximum atomic E-state index is 13.9. The predicted molar refractivity (Wildman–Crippen MR) is 137 cm³/mol. The average molecular weight is 477 g/mol. The van der Waals surface area contributed by atoms with Crippen LogP contribution in [-0.4, -0.2) is 51.9 Å². The molecule has 2 amide bonds. The van der Waals surface area contributed by atoms with Gasteiger partial charge in [-0.15, -0.1) is 0 Å². The third-order valence-electron chi connectivity index (χ3n) is 7.04. The molecule has 2 heterocycles. The predicted octanol–water partition coefficient (Wildman–Crippen LogP) is 4.80. The fourth-order valence-corrected chi connectivity index (χ4v) is 5.27. The van der Waals surface area contributed by atoms with Crippen LogP contribution in [0.3, 0.4) is 0 Å². The molecule has 0 bridgehead atoms. The quantitative estimate of drug-likeness (QED) is 0.445. The molecular formula is C28H36N4O3. The Balaban J connectivity index is 1.66. The number of aryl methyl sites for hydroxylation is 1. The first kappa shape index (κ1) is 24.8. The maximum Gasteiger partial charge on any atom is 0.228 e. The van der Waals surface area contributed by atoms with Crippen molar-refractivity contribution in [2.24, 2.45) is 5.92 Å². The lowest BCUT2D eigenvalue weighted by atomic mass is 9.82. The molecular weight excluding hydrogens is 440 g/mol. The highest BCUT2D eigenvalue weighted by atomic mass is 16.5. The third-order valence-corrected chi connectivity index (χ3v) is 7.04. The largest absolute Gasteiger partial charge is 0.496 e. The van der Waals surface area contributed by atoms with E-state index in [-0.39, 0.29) is 23.8 Å². The van der Waals surface area contributed by atoms with Gasteiger partial charge in [-0.25, -0.2) is 4.98 Å². The second-order valence-corrected chi connectivity index (χ2v) is 9.23. The average Bonchev–Trinajstić information content (AvgIpc) is 3.24. The first-order valence-electron chi connectivity index (χ1n) is 12.6. The fourth-order valence-electron chi connectivity index (χ4n) is 5.27. The standard InChI is InChI=1S/C28H36N4O3/c1-5-7-18-32-26(33)17-16-21(27(32)20-12-8-11-15-24(20)35-4)28(34)30(3)19-25-29-22-13-9-10-14-23(22)31(25)6-2/h8-15,21,27H,5-7,16-19H2,1-4H3. The molecule has 1 aromatic heterocycles. The number of ether oxygens (including phenoxy) is 1. The highest BCUT2D eigenvalue weighted by Crippen LogP contribution is 2.41. The van der Waals surface area contributed by atoms with Gasteiger partial charge in [-0.3, -0.25) is 9.59 Å². The molecule has 7 heteroatoms. The summed E-state index contributed by atoms with van der Waals surface area (Å²) in [6.07, 6.45) is 2.79. The molecule has 2 atom stereocenters. The molecule has 3 aromatic rings. The van der Waals surface area contributed by atoms with E-state index in [0.717, 1.165) is 41.8 Å². The zero-order valence-electron chi connectivity index (χ0n) is 21.2. The lowest BCUT2D eigenvalue weighted by Gasteiger charge is -2.42. The summed E-state index contributed by atoms with van der Waals surface area (Å²) >= 11 is 0. The number of unbranched alkanes of at least 4 members (excludes halogenated alkanes) is 1. The number of carbonyl (C=O) groups excluding carboxylic acids is 2. The third kappa shape index (κ3) is 4.90. The zero-order chi connectivity index (χ0) is 24.9. The molecule has 186 valence electrons. The first-order valence-corrected chi connectivity index (χ1v) is 12.6. The van der Waals surface area contributed by atoms with Gasteiger partial charge in [-0.1, -0.05) is 43.7 Å². The number of para-hydroxylation sites is 3. The molecule has 1 saturated heterocycles. The number of fused-ring (bicyclic) bond motifs is 1. The van der Waals surface area contributed by atoms with E-state index < -0.39 is 0 Å². The topological polar surface area (TPSA) is 67.7 Å². The summed E-state index contributed by atoms with van der Waals surface area (Å²) in [7, 11) is 3.48. The van der Waals surface area contributed by atoms with Crippen LogP contribution in [0.15, 0.2) is 48.5 Å². The second kappa shape index (κ2) is 10.9. The van der Waals surface area contributed by atoms with Crippen LogP contribution in [0.4, 0.5) is 0 Å². The summed E-state index contributed by atoms with van der Waals surface area (Å²) in [5.74, 6) is 1.37. The molecule has 35 heavy (non-hydrogen) atoms. The molecule has 0 spiro atoms.